The number of methoxy groups -OCH3 is 1. The van der Waals surface area contributed by atoms with Gasteiger partial charge in [-0.15, -0.1) is 0 Å². The quantitative estimate of drug-likeness (QED) is 0.630. The number of esters is 1. The summed E-state index contributed by atoms with van der Waals surface area (Å²) >= 11 is 3.38. The molecule has 0 unspecified atom stereocenters. The molecule has 0 aliphatic rings. The highest BCUT2D eigenvalue weighted by Crippen LogP contribution is 2.27. The van der Waals surface area contributed by atoms with E-state index in [0.717, 1.165) is 11.1 Å². The highest BCUT2D eigenvalue weighted by atomic mass is 79.9. The second-order valence-corrected chi connectivity index (χ2v) is 3.85. The Balaban J connectivity index is 3.30. The summed E-state index contributed by atoms with van der Waals surface area (Å²) < 4.78 is 10.2. The van der Waals surface area contributed by atoms with Gasteiger partial charge in [-0.05, 0) is 31.0 Å². The molecule has 4 heteroatoms. The van der Waals surface area contributed by atoms with Gasteiger partial charge in [0.25, 0.3) is 0 Å². The molecule has 0 heterocycles. The lowest BCUT2D eigenvalue weighted by molar-refractivity contribution is 0.0521. The first kappa shape index (κ1) is 13.0. The van der Waals surface area contributed by atoms with Crippen LogP contribution in [0.4, 0.5) is 0 Å². The zero-order valence-corrected chi connectivity index (χ0v) is 11.3. The maximum Gasteiger partial charge on any atom is 0.342 e. The van der Waals surface area contributed by atoms with Crippen molar-refractivity contribution >= 4 is 21.9 Å². The summed E-state index contributed by atoms with van der Waals surface area (Å²) in [4.78, 5) is 11.8. The molecule has 0 spiro atoms. The molecule has 0 aliphatic heterocycles. The summed E-state index contributed by atoms with van der Waals surface area (Å²) in [5, 5.41) is 0.601. The van der Waals surface area contributed by atoms with Gasteiger partial charge in [0.05, 0.1) is 13.7 Å². The van der Waals surface area contributed by atoms with Crippen LogP contribution in [0.1, 0.15) is 28.4 Å². The van der Waals surface area contributed by atoms with E-state index in [1.54, 1.807) is 20.1 Å². The van der Waals surface area contributed by atoms with Crippen molar-refractivity contribution in [2.24, 2.45) is 0 Å². The molecule has 0 N–H and O–H groups in total. The number of carbonyl (C=O) groups is 1. The highest BCUT2D eigenvalue weighted by molar-refractivity contribution is 9.08. The van der Waals surface area contributed by atoms with Crippen LogP contribution < -0.4 is 4.74 Å². The van der Waals surface area contributed by atoms with E-state index < -0.39 is 0 Å². The van der Waals surface area contributed by atoms with Gasteiger partial charge in [-0.2, -0.15) is 0 Å². The predicted molar refractivity (Wildman–Crippen MR) is 66.3 cm³/mol. The standard InChI is InChI=1S/C12H15BrO3/c1-4-16-12(14)11-9(7-13)8(2)5-6-10(11)15-3/h5-6H,4,7H2,1-3H3. The zero-order chi connectivity index (χ0) is 12.1. The van der Waals surface area contributed by atoms with Crippen molar-refractivity contribution in [3.63, 3.8) is 0 Å². The van der Waals surface area contributed by atoms with Crippen molar-refractivity contribution in [1.29, 1.82) is 0 Å². The molecular weight excluding hydrogens is 272 g/mol. The van der Waals surface area contributed by atoms with Crippen molar-refractivity contribution < 1.29 is 14.3 Å². The zero-order valence-electron chi connectivity index (χ0n) is 9.67. The number of hydrogen-bond acceptors (Lipinski definition) is 3. The van der Waals surface area contributed by atoms with E-state index in [9.17, 15) is 4.79 Å². The van der Waals surface area contributed by atoms with E-state index in [4.69, 9.17) is 9.47 Å². The number of aryl methyl sites for hydroxylation is 1. The summed E-state index contributed by atoms with van der Waals surface area (Å²) in [7, 11) is 1.55. The van der Waals surface area contributed by atoms with Crippen LogP contribution in [0.5, 0.6) is 5.75 Å². The lowest BCUT2D eigenvalue weighted by atomic mass is 10.0. The second-order valence-electron chi connectivity index (χ2n) is 3.29. The van der Waals surface area contributed by atoms with Crippen LogP contribution in [0.3, 0.4) is 0 Å². The van der Waals surface area contributed by atoms with Crippen LogP contribution in [-0.4, -0.2) is 19.7 Å². The topological polar surface area (TPSA) is 35.5 Å². The lowest BCUT2D eigenvalue weighted by Crippen LogP contribution is -2.10. The Hall–Kier alpha value is -1.03. The Morgan fingerprint density at radius 2 is 2.12 bits per heavy atom. The Morgan fingerprint density at radius 3 is 2.62 bits per heavy atom. The van der Waals surface area contributed by atoms with Crippen LogP contribution >= 0.6 is 15.9 Å². The van der Waals surface area contributed by atoms with Crippen LogP contribution in [0, 0.1) is 6.92 Å². The average Bonchev–Trinajstić information content (AvgIpc) is 2.28. The van der Waals surface area contributed by atoms with Gasteiger partial charge in [0.15, 0.2) is 0 Å². The molecule has 1 rings (SSSR count). The average molecular weight is 287 g/mol. The normalized spacial score (nSPS) is 10.0. The number of hydrogen-bond donors (Lipinski definition) is 0. The Morgan fingerprint density at radius 1 is 1.44 bits per heavy atom. The SMILES string of the molecule is CCOC(=O)c1c(OC)ccc(C)c1CBr. The van der Waals surface area contributed by atoms with E-state index in [1.807, 2.05) is 13.0 Å². The molecule has 0 radical (unpaired) electrons. The molecule has 88 valence electrons. The molecule has 0 saturated carbocycles. The first-order valence-electron chi connectivity index (χ1n) is 5.05. The molecule has 3 nitrogen and oxygen atoms in total. The second kappa shape index (κ2) is 5.89. The summed E-state index contributed by atoms with van der Waals surface area (Å²) in [6.45, 7) is 4.10. The fourth-order valence-corrected chi connectivity index (χ4v) is 2.22. The van der Waals surface area contributed by atoms with Gasteiger partial charge in [-0.25, -0.2) is 4.79 Å². The third-order valence-corrected chi connectivity index (χ3v) is 2.90. The fraction of sp³-hybridized carbons (Fsp3) is 0.417. The van der Waals surface area contributed by atoms with Crippen LogP contribution in [0.25, 0.3) is 0 Å². The van der Waals surface area contributed by atoms with Gasteiger partial charge in [-0.1, -0.05) is 22.0 Å². The minimum Gasteiger partial charge on any atom is -0.496 e. The molecule has 0 aliphatic carbocycles. The number of halogens is 1. The number of alkyl halides is 1. The number of benzene rings is 1. The smallest absolute Gasteiger partial charge is 0.342 e. The van der Waals surface area contributed by atoms with E-state index in [2.05, 4.69) is 15.9 Å². The molecule has 0 atom stereocenters. The van der Waals surface area contributed by atoms with Gasteiger partial charge in [0.1, 0.15) is 11.3 Å². The summed E-state index contributed by atoms with van der Waals surface area (Å²) in [6, 6.07) is 3.71. The first-order valence-corrected chi connectivity index (χ1v) is 6.17. The van der Waals surface area contributed by atoms with Gasteiger partial charge in [0.2, 0.25) is 0 Å². The summed E-state index contributed by atoms with van der Waals surface area (Å²) in [6.07, 6.45) is 0. The van der Waals surface area contributed by atoms with E-state index in [1.165, 1.54) is 0 Å². The van der Waals surface area contributed by atoms with E-state index in [-0.39, 0.29) is 5.97 Å². The predicted octanol–water partition coefficient (Wildman–Crippen LogP) is 3.08. The first-order chi connectivity index (χ1) is 7.65. The summed E-state index contributed by atoms with van der Waals surface area (Å²) in [5.41, 5.74) is 2.47. The molecule has 16 heavy (non-hydrogen) atoms. The molecule has 0 aromatic heterocycles. The number of ether oxygens (including phenoxy) is 2. The molecular formula is C12H15BrO3. The van der Waals surface area contributed by atoms with E-state index in [0.29, 0.717) is 23.2 Å². The largest absolute Gasteiger partial charge is 0.496 e. The van der Waals surface area contributed by atoms with Crippen molar-refractivity contribution in [1.82, 2.24) is 0 Å². The fourth-order valence-electron chi connectivity index (χ4n) is 1.50. The minimum absolute atomic E-state index is 0.336. The molecule has 0 bridgehead atoms. The monoisotopic (exact) mass is 286 g/mol. The molecule has 0 amide bonds. The Bertz CT molecular complexity index is 388. The van der Waals surface area contributed by atoms with Crippen molar-refractivity contribution in [3.8, 4) is 5.75 Å². The molecule has 1 aromatic carbocycles. The van der Waals surface area contributed by atoms with Crippen molar-refractivity contribution in [3.05, 3.63) is 28.8 Å². The van der Waals surface area contributed by atoms with E-state index >= 15 is 0 Å². The third-order valence-electron chi connectivity index (χ3n) is 2.34. The maximum absolute atomic E-state index is 11.8. The van der Waals surface area contributed by atoms with Gasteiger partial charge in [-0.3, -0.25) is 0 Å². The lowest BCUT2D eigenvalue weighted by Gasteiger charge is -2.13. The summed E-state index contributed by atoms with van der Waals surface area (Å²) in [5.74, 6) is 0.219. The number of rotatable bonds is 4. The molecule has 0 fully saturated rings. The van der Waals surface area contributed by atoms with Crippen molar-refractivity contribution in [2.75, 3.05) is 13.7 Å². The molecule has 1 aromatic rings. The number of carbonyl (C=O) groups excluding carboxylic acids is 1. The van der Waals surface area contributed by atoms with Crippen molar-refractivity contribution in [2.45, 2.75) is 19.2 Å². The Labute approximate surface area is 104 Å². The van der Waals surface area contributed by atoms with Gasteiger partial charge >= 0.3 is 5.97 Å². The van der Waals surface area contributed by atoms with Crippen LogP contribution in [0.2, 0.25) is 0 Å². The van der Waals surface area contributed by atoms with Crippen LogP contribution in [0.15, 0.2) is 12.1 Å². The molecule has 0 saturated heterocycles. The maximum atomic E-state index is 11.8. The van der Waals surface area contributed by atoms with Gasteiger partial charge in [0, 0.05) is 5.33 Å². The Kier molecular flexibility index (Phi) is 4.80. The third kappa shape index (κ3) is 2.55. The van der Waals surface area contributed by atoms with Crippen LogP contribution in [-0.2, 0) is 10.1 Å². The van der Waals surface area contributed by atoms with Gasteiger partial charge < -0.3 is 9.47 Å². The highest BCUT2D eigenvalue weighted by Gasteiger charge is 2.19. The minimum atomic E-state index is -0.336.